The van der Waals surface area contributed by atoms with E-state index in [-0.39, 0.29) is 0 Å². The van der Waals surface area contributed by atoms with Gasteiger partial charge in [0, 0.05) is 11.5 Å². The Morgan fingerprint density at radius 2 is 2.23 bits per heavy atom. The van der Waals surface area contributed by atoms with Crippen LogP contribution < -0.4 is 4.74 Å². The van der Waals surface area contributed by atoms with Crippen molar-refractivity contribution in [2.24, 2.45) is 0 Å². The second-order valence-corrected chi connectivity index (χ2v) is 4.24. The summed E-state index contributed by atoms with van der Waals surface area (Å²) in [6.45, 7) is 0. The standard InChI is InChI=1S/C10H12O2S/c1-12-9-4-2-3-8(5-9)10(11)6-13-7-10/h2-5,11H,6-7H2,1H3. The largest absolute Gasteiger partial charge is 0.497 e. The molecule has 1 heterocycles. The Morgan fingerprint density at radius 1 is 1.46 bits per heavy atom. The van der Waals surface area contributed by atoms with E-state index in [0.717, 1.165) is 22.8 Å². The molecule has 1 N–H and O–H groups in total. The van der Waals surface area contributed by atoms with Gasteiger partial charge >= 0.3 is 0 Å². The monoisotopic (exact) mass is 196 g/mol. The molecular weight excluding hydrogens is 184 g/mol. The van der Waals surface area contributed by atoms with Gasteiger partial charge in [-0.25, -0.2) is 0 Å². The molecule has 2 nitrogen and oxygen atoms in total. The lowest BCUT2D eigenvalue weighted by Gasteiger charge is -2.36. The van der Waals surface area contributed by atoms with Crippen molar-refractivity contribution in [1.29, 1.82) is 0 Å². The number of hydrogen-bond donors (Lipinski definition) is 1. The maximum Gasteiger partial charge on any atom is 0.119 e. The summed E-state index contributed by atoms with van der Waals surface area (Å²) in [7, 11) is 1.64. The van der Waals surface area contributed by atoms with Crippen molar-refractivity contribution in [2.45, 2.75) is 5.60 Å². The average molecular weight is 196 g/mol. The van der Waals surface area contributed by atoms with Gasteiger partial charge in [0.25, 0.3) is 0 Å². The fraction of sp³-hybridized carbons (Fsp3) is 0.400. The van der Waals surface area contributed by atoms with Crippen LogP contribution in [0.5, 0.6) is 5.75 Å². The van der Waals surface area contributed by atoms with Crippen molar-refractivity contribution >= 4 is 11.8 Å². The molecule has 1 saturated heterocycles. The lowest BCUT2D eigenvalue weighted by atomic mass is 9.97. The van der Waals surface area contributed by atoms with E-state index in [1.54, 1.807) is 18.9 Å². The molecule has 0 saturated carbocycles. The molecule has 0 aromatic heterocycles. The molecule has 1 aliphatic rings. The highest BCUT2D eigenvalue weighted by atomic mass is 32.2. The van der Waals surface area contributed by atoms with E-state index in [2.05, 4.69) is 0 Å². The van der Waals surface area contributed by atoms with E-state index in [4.69, 9.17) is 4.74 Å². The summed E-state index contributed by atoms with van der Waals surface area (Å²) in [5.41, 5.74) is 0.352. The Labute approximate surface area is 81.9 Å². The summed E-state index contributed by atoms with van der Waals surface area (Å²) in [5, 5.41) is 10.0. The van der Waals surface area contributed by atoms with Crippen molar-refractivity contribution in [2.75, 3.05) is 18.6 Å². The van der Waals surface area contributed by atoms with Crippen molar-refractivity contribution in [3.8, 4) is 5.75 Å². The Balaban J connectivity index is 2.29. The fourth-order valence-corrected chi connectivity index (χ4v) is 2.30. The number of aliphatic hydroxyl groups is 1. The van der Waals surface area contributed by atoms with Crippen molar-refractivity contribution in [3.63, 3.8) is 0 Å². The van der Waals surface area contributed by atoms with Gasteiger partial charge in [-0.3, -0.25) is 0 Å². The summed E-state index contributed by atoms with van der Waals surface area (Å²) < 4.78 is 5.10. The molecule has 70 valence electrons. The first kappa shape index (κ1) is 8.91. The number of methoxy groups -OCH3 is 1. The van der Waals surface area contributed by atoms with Gasteiger partial charge in [0.05, 0.1) is 7.11 Å². The topological polar surface area (TPSA) is 29.5 Å². The minimum Gasteiger partial charge on any atom is -0.497 e. The van der Waals surface area contributed by atoms with Crippen molar-refractivity contribution in [3.05, 3.63) is 29.8 Å². The van der Waals surface area contributed by atoms with Crippen LogP contribution in [0.1, 0.15) is 5.56 Å². The van der Waals surface area contributed by atoms with E-state index < -0.39 is 5.60 Å². The van der Waals surface area contributed by atoms with E-state index in [1.807, 2.05) is 24.3 Å². The molecular formula is C10H12O2S. The predicted octanol–water partition coefficient (Wildman–Crippen LogP) is 1.63. The zero-order valence-corrected chi connectivity index (χ0v) is 8.30. The highest BCUT2D eigenvalue weighted by Gasteiger charge is 2.37. The molecule has 1 aromatic rings. The van der Waals surface area contributed by atoms with Gasteiger partial charge in [-0.15, -0.1) is 0 Å². The average Bonchev–Trinajstić information content (AvgIpc) is 2.14. The summed E-state index contributed by atoms with van der Waals surface area (Å²) in [5.74, 6) is 2.39. The summed E-state index contributed by atoms with van der Waals surface area (Å²) in [6.07, 6.45) is 0. The zero-order valence-electron chi connectivity index (χ0n) is 7.49. The van der Waals surface area contributed by atoms with E-state index in [9.17, 15) is 5.11 Å². The summed E-state index contributed by atoms with van der Waals surface area (Å²) in [4.78, 5) is 0. The van der Waals surface area contributed by atoms with Gasteiger partial charge in [0.1, 0.15) is 11.4 Å². The third-order valence-corrected chi connectivity index (χ3v) is 3.65. The maximum absolute atomic E-state index is 10.0. The van der Waals surface area contributed by atoms with Crippen LogP contribution in [0.25, 0.3) is 0 Å². The highest BCUT2D eigenvalue weighted by Crippen LogP contribution is 2.39. The van der Waals surface area contributed by atoms with Crippen LogP contribution in [-0.2, 0) is 5.60 Å². The van der Waals surface area contributed by atoms with Crippen LogP contribution in [0.3, 0.4) is 0 Å². The Hall–Kier alpha value is -0.670. The van der Waals surface area contributed by atoms with Crippen LogP contribution in [0.4, 0.5) is 0 Å². The molecule has 0 radical (unpaired) electrons. The van der Waals surface area contributed by atoms with Gasteiger partial charge in [-0.1, -0.05) is 12.1 Å². The van der Waals surface area contributed by atoms with Gasteiger partial charge in [-0.2, -0.15) is 11.8 Å². The lowest BCUT2D eigenvalue weighted by molar-refractivity contribution is 0.0766. The number of rotatable bonds is 2. The van der Waals surface area contributed by atoms with Crippen LogP contribution in [0.2, 0.25) is 0 Å². The number of thioether (sulfide) groups is 1. The van der Waals surface area contributed by atoms with Gasteiger partial charge in [0.15, 0.2) is 0 Å². The second kappa shape index (κ2) is 3.24. The second-order valence-electron chi connectivity index (χ2n) is 3.26. The van der Waals surface area contributed by atoms with Crippen LogP contribution in [-0.4, -0.2) is 23.7 Å². The minimum atomic E-state index is -0.612. The highest BCUT2D eigenvalue weighted by molar-refractivity contribution is 8.00. The molecule has 1 aromatic carbocycles. The molecule has 0 amide bonds. The predicted molar refractivity (Wildman–Crippen MR) is 54.2 cm³/mol. The molecule has 3 heteroatoms. The minimum absolute atomic E-state index is 0.612. The van der Waals surface area contributed by atoms with Gasteiger partial charge in [0.2, 0.25) is 0 Å². The SMILES string of the molecule is COc1cccc(C2(O)CSC2)c1. The fourth-order valence-electron chi connectivity index (χ4n) is 1.37. The molecule has 2 rings (SSSR count). The van der Waals surface area contributed by atoms with Gasteiger partial charge in [-0.05, 0) is 17.7 Å². The number of hydrogen-bond acceptors (Lipinski definition) is 3. The van der Waals surface area contributed by atoms with Crippen LogP contribution in [0, 0.1) is 0 Å². The van der Waals surface area contributed by atoms with Gasteiger partial charge < -0.3 is 9.84 Å². The van der Waals surface area contributed by atoms with E-state index in [1.165, 1.54) is 0 Å². The van der Waals surface area contributed by atoms with E-state index in [0.29, 0.717) is 0 Å². The molecule has 0 atom stereocenters. The molecule has 1 fully saturated rings. The smallest absolute Gasteiger partial charge is 0.119 e. The van der Waals surface area contributed by atoms with Crippen LogP contribution >= 0.6 is 11.8 Å². The Bertz CT molecular complexity index is 308. The molecule has 1 aliphatic heterocycles. The third-order valence-electron chi connectivity index (χ3n) is 2.29. The quantitative estimate of drug-likeness (QED) is 0.779. The first-order valence-electron chi connectivity index (χ1n) is 4.19. The van der Waals surface area contributed by atoms with Crippen molar-refractivity contribution in [1.82, 2.24) is 0 Å². The molecule has 0 aliphatic carbocycles. The molecule has 0 spiro atoms. The third kappa shape index (κ3) is 1.54. The Kier molecular flexibility index (Phi) is 2.22. The molecule has 0 unspecified atom stereocenters. The maximum atomic E-state index is 10.0. The number of ether oxygens (including phenoxy) is 1. The summed E-state index contributed by atoms with van der Waals surface area (Å²) in [6, 6.07) is 7.65. The first-order chi connectivity index (χ1) is 6.24. The summed E-state index contributed by atoms with van der Waals surface area (Å²) >= 11 is 1.76. The van der Waals surface area contributed by atoms with Crippen LogP contribution in [0.15, 0.2) is 24.3 Å². The normalized spacial score (nSPS) is 19.2. The molecule has 13 heavy (non-hydrogen) atoms. The van der Waals surface area contributed by atoms with Crippen molar-refractivity contribution < 1.29 is 9.84 Å². The first-order valence-corrected chi connectivity index (χ1v) is 5.35. The zero-order chi connectivity index (χ0) is 9.31. The molecule has 0 bridgehead atoms. The Morgan fingerprint density at radius 3 is 2.77 bits per heavy atom. The lowest BCUT2D eigenvalue weighted by Crippen LogP contribution is -2.39. The number of benzene rings is 1. The van der Waals surface area contributed by atoms with E-state index >= 15 is 0 Å².